The van der Waals surface area contributed by atoms with Gasteiger partial charge in [-0.2, -0.15) is 0 Å². The number of carbonyl (C=O) groups excluding carboxylic acids is 4. The van der Waals surface area contributed by atoms with Gasteiger partial charge < -0.3 is 29.2 Å². The van der Waals surface area contributed by atoms with Crippen LogP contribution in [-0.4, -0.2) is 47.0 Å². The predicted octanol–water partition coefficient (Wildman–Crippen LogP) is 7.19. The average Bonchev–Trinajstić information content (AvgIpc) is 3.05. The number of aryl methyl sites for hydroxylation is 1. The molecular weight excluding hydrogens is 656 g/mol. The first kappa shape index (κ1) is 38.1. The maximum atomic E-state index is 13.7. The SMILES string of the molecule is COC1=CC(=O)C=C(C)C1C(=O)Oc1c(C)c(C)c(C(=O)Oc2cc(C)c(C(=O)Oc3c(C)c(C)c(C(=O)O)c(C)c3C)c(O)c2C)c(C)c1C. The lowest BCUT2D eigenvalue weighted by molar-refractivity contribution is -0.137. The summed E-state index contributed by atoms with van der Waals surface area (Å²) in [7, 11) is 1.37. The number of aromatic hydroxyl groups is 1. The van der Waals surface area contributed by atoms with Gasteiger partial charge in [-0.05, 0) is 144 Å². The largest absolute Gasteiger partial charge is 0.507 e. The normalized spacial score (nSPS) is 14.0. The number of phenols is 1. The van der Waals surface area contributed by atoms with E-state index in [0.717, 1.165) is 0 Å². The number of ketones is 1. The number of carbonyl (C=O) groups is 5. The van der Waals surface area contributed by atoms with Crippen molar-refractivity contribution in [2.75, 3.05) is 7.11 Å². The van der Waals surface area contributed by atoms with E-state index < -0.39 is 35.5 Å². The van der Waals surface area contributed by atoms with E-state index in [2.05, 4.69) is 0 Å². The van der Waals surface area contributed by atoms with Crippen LogP contribution in [0, 0.1) is 75.2 Å². The van der Waals surface area contributed by atoms with Gasteiger partial charge in [-0.1, -0.05) is 0 Å². The smallest absolute Gasteiger partial charge is 0.347 e. The van der Waals surface area contributed by atoms with Crippen LogP contribution >= 0.6 is 0 Å². The van der Waals surface area contributed by atoms with Crippen molar-refractivity contribution in [1.29, 1.82) is 0 Å². The van der Waals surface area contributed by atoms with E-state index >= 15 is 0 Å². The van der Waals surface area contributed by atoms with Gasteiger partial charge >= 0.3 is 23.9 Å². The maximum absolute atomic E-state index is 13.7. The third kappa shape index (κ3) is 6.75. The van der Waals surface area contributed by atoms with E-state index in [1.807, 2.05) is 0 Å². The number of carboxylic acid groups (broad SMARTS) is 1. The zero-order valence-electron chi connectivity index (χ0n) is 30.9. The van der Waals surface area contributed by atoms with Crippen LogP contribution in [0.2, 0.25) is 0 Å². The molecule has 0 radical (unpaired) electrons. The molecule has 51 heavy (non-hydrogen) atoms. The lowest BCUT2D eigenvalue weighted by Crippen LogP contribution is -2.28. The number of aromatic carboxylic acids is 1. The monoisotopic (exact) mass is 698 g/mol. The zero-order chi connectivity index (χ0) is 38.4. The van der Waals surface area contributed by atoms with Gasteiger partial charge in [-0.25, -0.2) is 14.4 Å². The summed E-state index contributed by atoms with van der Waals surface area (Å²) in [5.74, 6) is -4.27. The molecule has 0 spiro atoms. The molecule has 1 unspecified atom stereocenters. The fraction of sp³-hybridized carbons (Fsp3) is 0.325. The van der Waals surface area contributed by atoms with Gasteiger partial charge in [-0.15, -0.1) is 0 Å². The second-order valence-corrected chi connectivity index (χ2v) is 12.9. The molecule has 0 bridgehead atoms. The van der Waals surface area contributed by atoms with Crippen molar-refractivity contribution < 1.29 is 53.1 Å². The summed E-state index contributed by atoms with van der Waals surface area (Å²) in [5, 5.41) is 20.9. The molecule has 11 nitrogen and oxygen atoms in total. The molecule has 1 atom stereocenters. The van der Waals surface area contributed by atoms with Crippen LogP contribution in [0.1, 0.15) is 93.6 Å². The number of rotatable bonds is 8. The minimum absolute atomic E-state index is 0.0222. The number of carboxylic acids is 1. The van der Waals surface area contributed by atoms with Crippen LogP contribution in [0.25, 0.3) is 0 Å². The van der Waals surface area contributed by atoms with Crippen molar-refractivity contribution >= 4 is 29.7 Å². The molecule has 2 N–H and O–H groups in total. The number of allylic oxidation sites excluding steroid dienone is 2. The summed E-state index contributed by atoms with van der Waals surface area (Å²) in [6.07, 6.45) is 2.60. The number of esters is 3. The van der Waals surface area contributed by atoms with E-state index in [0.29, 0.717) is 50.1 Å². The number of hydrogen-bond acceptors (Lipinski definition) is 10. The van der Waals surface area contributed by atoms with E-state index in [-0.39, 0.29) is 56.6 Å². The van der Waals surface area contributed by atoms with E-state index in [1.165, 1.54) is 32.3 Å². The second-order valence-electron chi connectivity index (χ2n) is 12.9. The Morgan fingerprint density at radius 3 is 1.57 bits per heavy atom. The number of benzene rings is 3. The molecule has 0 saturated carbocycles. The Morgan fingerprint density at radius 1 is 0.608 bits per heavy atom. The molecule has 3 aromatic rings. The topological polar surface area (TPSA) is 163 Å². The first-order chi connectivity index (χ1) is 23.7. The Bertz CT molecular complexity index is 2070. The Balaban J connectivity index is 1.65. The van der Waals surface area contributed by atoms with Crippen LogP contribution < -0.4 is 14.2 Å². The van der Waals surface area contributed by atoms with Crippen molar-refractivity contribution in [3.8, 4) is 23.0 Å². The molecule has 268 valence electrons. The van der Waals surface area contributed by atoms with Crippen LogP contribution in [0.3, 0.4) is 0 Å². The molecule has 0 saturated heterocycles. The van der Waals surface area contributed by atoms with Crippen LogP contribution in [0.4, 0.5) is 0 Å². The minimum Gasteiger partial charge on any atom is -0.507 e. The van der Waals surface area contributed by atoms with Crippen molar-refractivity contribution in [2.24, 2.45) is 5.92 Å². The second kappa shape index (κ2) is 14.3. The van der Waals surface area contributed by atoms with Gasteiger partial charge in [0.2, 0.25) is 0 Å². The summed E-state index contributed by atoms with van der Waals surface area (Å²) in [6.45, 7) is 18.1. The molecule has 0 amide bonds. The molecule has 0 fully saturated rings. The van der Waals surface area contributed by atoms with Gasteiger partial charge in [0.1, 0.15) is 40.2 Å². The summed E-state index contributed by atoms with van der Waals surface area (Å²) < 4.78 is 22.7. The Morgan fingerprint density at radius 2 is 1.08 bits per heavy atom. The van der Waals surface area contributed by atoms with Crippen molar-refractivity contribution in [3.63, 3.8) is 0 Å². The average molecular weight is 699 g/mol. The highest BCUT2D eigenvalue weighted by atomic mass is 16.5. The van der Waals surface area contributed by atoms with Crippen molar-refractivity contribution in [3.05, 3.63) is 102 Å². The van der Waals surface area contributed by atoms with Gasteiger partial charge in [-0.3, -0.25) is 9.59 Å². The number of methoxy groups -OCH3 is 1. The molecular formula is C40H42O11. The van der Waals surface area contributed by atoms with Crippen molar-refractivity contribution in [2.45, 2.75) is 76.2 Å². The highest BCUT2D eigenvalue weighted by Crippen LogP contribution is 2.39. The third-order valence-corrected chi connectivity index (χ3v) is 9.90. The van der Waals surface area contributed by atoms with Crippen LogP contribution in [0.15, 0.2) is 29.6 Å². The first-order valence-corrected chi connectivity index (χ1v) is 16.2. The number of phenolic OH excluding ortho intramolecular Hbond substituents is 1. The van der Waals surface area contributed by atoms with Crippen LogP contribution in [-0.2, 0) is 14.3 Å². The summed E-state index contributed by atoms with van der Waals surface area (Å²) in [6, 6.07) is 1.46. The molecule has 1 aliphatic carbocycles. The van der Waals surface area contributed by atoms with E-state index in [4.69, 9.17) is 18.9 Å². The molecule has 0 aliphatic heterocycles. The van der Waals surface area contributed by atoms with E-state index in [1.54, 1.807) is 69.2 Å². The minimum atomic E-state index is -1.08. The Labute approximate surface area is 296 Å². The summed E-state index contributed by atoms with van der Waals surface area (Å²) in [4.78, 5) is 64.4. The maximum Gasteiger partial charge on any atom is 0.347 e. The molecule has 0 aromatic heterocycles. The number of ether oxygens (including phenoxy) is 4. The molecule has 0 heterocycles. The Kier molecular flexibility index (Phi) is 10.7. The third-order valence-electron chi connectivity index (χ3n) is 9.90. The number of hydrogen-bond donors (Lipinski definition) is 2. The van der Waals surface area contributed by atoms with E-state index in [9.17, 15) is 34.2 Å². The summed E-state index contributed by atoms with van der Waals surface area (Å²) >= 11 is 0. The van der Waals surface area contributed by atoms with Gasteiger partial charge in [0.05, 0.1) is 18.2 Å². The van der Waals surface area contributed by atoms with Gasteiger partial charge in [0.15, 0.2) is 5.78 Å². The molecule has 3 aromatic carbocycles. The Hall–Kier alpha value is -5.71. The molecule has 11 heteroatoms. The molecule has 1 aliphatic rings. The van der Waals surface area contributed by atoms with Crippen molar-refractivity contribution in [1.82, 2.24) is 0 Å². The first-order valence-electron chi connectivity index (χ1n) is 16.2. The van der Waals surface area contributed by atoms with Gasteiger partial charge in [0, 0.05) is 11.6 Å². The fourth-order valence-corrected chi connectivity index (χ4v) is 6.45. The summed E-state index contributed by atoms with van der Waals surface area (Å²) in [5.41, 5.74) is 5.06. The highest BCUT2D eigenvalue weighted by molar-refractivity contribution is 6.03. The van der Waals surface area contributed by atoms with Crippen LogP contribution in [0.5, 0.6) is 23.0 Å². The highest BCUT2D eigenvalue weighted by Gasteiger charge is 2.34. The quantitative estimate of drug-likeness (QED) is 0.181. The molecule has 4 rings (SSSR count). The lowest BCUT2D eigenvalue weighted by atomic mass is 9.91. The zero-order valence-corrected chi connectivity index (χ0v) is 30.9. The fourth-order valence-electron chi connectivity index (χ4n) is 6.45. The standard InChI is InChI=1S/C40H42O11/c1-16-13-27(41)15-29(48-12)30(16)38(45)50-36-24(9)20(5)33(21(6)25(36)10)40(47)49-28-14-17(2)31(34(42)26(28)11)39(46)51-35-22(7)18(3)32(37(43)44)19(4)23(35)8/h13-15,30,42H,1-12H3,(H,43,44). The lowest BCUT2D eigenvalue weighted by Gasteiger charge is -2.24. The van der Waals surface area contributed by atoms with Gasteiger partial charge in [0.25, 0.3) is 0 Å². The predicted molar refractivity (Wildman–Crippen MR) is 188 cm³/mol.